The van der Waals surface area contributed by atoms with E-state index in [0.717, 1.165) is 5.56 Å². The van der Waals surface area contributed by atoms with Crippen LogP contribution in [0.3, 0.4) is 0 Å². The van der Waals surface area contributed by atoms with Crippen molar-refractivity contribution in [3.05, 3.63) is 29.6 Å². The fourth-order valence-corrected chi connectivity index (χ4v) is 2.46. The predicted molar refractivity (Wildman–Crippen MR) is 64.1 cm³/mol. The van der Waals surface area contributed by atoms with Crippen LogP contribution in [0.1, 0.15) is 19.4 Å². The van der Waals surface area contributed by atoms with Gasteiger partial charge in [-0.1, -0.05) is 6.07 Å². The molecule has 1 aromatic carbocycles. The number of hydrogen-bond donors (Lipinski definition) is 1. The zero-order valence-electron chi connectivity index (χ0n) is 9.50. The molecule has 1 fully saturated rings. The highest BCUT2D eigenvalue weighted by molar-refractivity contribution is 8.00. The van der Waals surface area contributed by atoms with Crippen LogP contribution in [0.4, 0.5) is 4.39 Å². The van der Waals surface area contributed by atoms with Crippen molar-refractivity contribution in [2.75, 3.05) is 13.2 Å². The minimum atomic E-state index is -0.496. The summed E-state index contributed by atoms with van der Waals surface area (Å²) in [6.45, 7) is 5.17. The van der Waals surface area contributed by atoms with Gasteiger partial charge in [0.2, 0.25) is 0 Å². The molecule has 16 heavy (non-hydrogen) atoms. The molecule has 1 heterocycles. The summed E-state index contributed by atoms with van der Waals surface area (Å²) in [6.07, 6.45) is 0. The smallest absolute Gasteiger partial charge is 0.137 e. The molecule has 2 N–H and O–H groups in total. The summed E-state index contributed by atoms with van der Waals surface area (Å²) in [5, 5.41) is 0.395. The molecule has 1 aliphatic heterocycles. The Morgan fingerprint density at radius 1 is 1.44 bits per heavy atom. The lowest BCUT2D eigenvalue weighted by Crippen LogP contribution is -2.30. The molecule has 1 saturated heterocycles. The van der Waals surface area contributed by atoms with E-state index in [4.69, 9.17) is 10.5 Å². The van der Waals surface area contributed by atoms with E-state index in [1.807, 2.05) is 26.0 Å². The van der Waals surface area contributed by atoms with E-state index < -0.39 is 5.54 Å². The Kier molecular flexibility index (Phi) is 3.24. The van der Waals surface area contributed by atoms with Crippen molar-refractivity contribution in [3.8, 4) is 0 Å². The van der Waals surface area contributed by atoms with Crippen molar-refractivity contribution < 1.29 is 9.13 Å². The maximum atomic E-state index is 13.8. The van der Waals surface area contributed by atoms with Crippen molar-refractivity contribution in [3.63, 3.8) is 0 Å². The highest BCUT2D eigenvalue weighted by Crippen LogP contribution is 2.31. The minimum absolute atomic E-state index is 0.187. The summed E-state index contributed by atoms with van der Waals surface area (Å²) < 4.78 is 18.8. The molecule has 0 aliphatic carbocycles. The molecule has 0 bridgehead atoms. The van der Waals surface area contributed by atoms with Gasteiger partial charge in [0.1, 0.15) is 5.82 Å². The fourth-order valence-electron chi connectivity index (χ4n) is 1.46. The van der Waals surface area contributed by atoms with E-state index >= 15 is 0 Å². The van der Waals surface area contributed by atoms with E-state index in [-0.39, 0.29) is 5.82 Å². The van der Waals surface area contributed by atoms with Crippen LogP contribution in [0.15, 0.2) is 23.1 Å². The van der Waals surface area contributed by atoms with Crippen molar-refractivity contribution >= 4 is 11.8 Å². The molecule has 88 valence electrons. The van der Waals surface area contributed by atoms with Gasteiger partial charge in [0, 0.05) is 10.4 Å². The van der Waals surface area contributed by atoms with Crippen LogP contribution < -0.4 is 5.73 Å². The Bertz CT molecular complexity index is 385. The first-order valence-electron chi connectivity index (χ1n) is 5.30. The van der Waals surface area contributed by atoms with Crippen LogP contribution in [0.2, 0.25) is 0 Å². The van der Waals surface area contributed by atoms with Gasteiger partial charge in [0.25, 0.3) is 0 Å². The Labute approximate surface area is 99.4 Å². The van der Waals surface area contributed by atoms with E-state index in [9.17, 15) is 4.39 Å². The van der Waals surface area contributed by atoms with Crippen LogP contribution in [0.5, 0.6) is 0 Å². The molecule has 0 radical (unpaired) electrons. The second kappa shape index (κ2) is 4.35. The Morgan fingerprint density at radius 3 is 2.56 bits per heavy atom. The quantitative estimate of drug-likeness (QED) is 0.883. The highest BCUT2D eigenvalue weighted by Gasteiger charge is 2.22. The Hall–Kier alpha value is -0.580. The van der Waals surface area contributed by atoms with Gasteiger partial charge in [0.05, 0.1) is 18.5 Å². The molecular formula is C12H16FNOS. The number of ether oxygens (including phenoxy) is 1. The average Bonchev–Trinajstić information content (AvgIpc) is 2.11. The van der Waals surface area contributed by atoms with Crippen LogP contribution in [0.25, 0.3) is 0 Å². The van der Waals surface area contributed by atoms with Gasteiger partial charge in [-0.25, -0.2) is 4.39 Å². The normalized spacial score (nSPS) is 17.2. The van der Waals surface area contributed by atoms with Crippen LogP contribution in [0, 0.1) is 5.82 Å². The molecule has 1 aliphatic rings. The molecule has 1 aromatic rings. The van der Waals surface area contributed by atoms with Crippen LogP contribution in [-0.2, 0) is 10.3 Å². The molecular weight excluding hydrogens is 225 g/mol. The second-order valence-corrected chi connectivity index (χ2v) is 5.99. The molecule has 2 rings (SSSR count). The van der Waals surface area contributed by atoms with Crippen LogP contribution in [-0.4, -0.2) is 18.5 Å². The van der Waals surface area contributed by atoms with E-state index in [1.165, 1.54) is 17.8 Å². The lowest BCUT2D eigenvalue weighted by atomic mass is 9.96. The summed E-state index contributed by atoms with van der Waals surface area (Å²) in [7, 11) is 0. The number of thioether (sulfide) groups is 1. The van der Waals surface area contributed by atoms with Gasteiger partial charge in [-0.3, -0.25) is 0 Å². The zero-order chi connectivity index (χ0) is 11.8. The second-order valence-electron chi connectivity index (χ2n) is 4.64. The third kappa shape index (κ3) is 2.56. The average molecular weight is 241 g/mol. The first-order chi connectivity index (χ1) is 7.47. The summed E-state index contributed by atoms with van der Waals surface area (Å²) in [4.78, 5) is 0.682. The molecule has 0 saturated carbocycles. The monoisotopic (exact) mass is 241 g/mol. The molecule has 0 atom stereocenters. The zero-order valence-corrected chi connectivity index (χ0v) is 10.3. The van der Waals surface area contributed by atoms with Crippen molar-refractivity contribution in [1.29, 1.82) is 0 Å². The lowest BCUT2D eigenvalue weighted by molar-refractivity contribution is 0.0455. The molecule has 0 aromatic heterocycles. The lowest BCUT2D eigenvalue weighted by Gasteiger charge is -2.26. The standard InChI is InChI=1S/C12H16FNOS/c1-12(2,14)8-3-4-11(10(13)5-8)16-9-6-15-7-9/h3-5,9H,6-7,14H2,1-2H3. The number of hydrogen-bond acceptors (Lipinski definition) is 3. The SMILES string of the molecule is CC(C)(N)c1ccc(SC2COC2)c(F)c1. The predicted octanol–water partition coefficient (Wildman–Crippen LogP) is 2.51. The largest absolute Gasteiger partial charge is 0.379 e. The van der Waals surface area contributed by atoms with Gasteiger partial charge < -0.3 is 10.5 Å². The molecule has 0 spiro atoms. The number of benzene rings is 1. The third-order valence-corrected chi connectivity index (χ3v) is 3.77. The number of halogens is 1. The van der Waals surface area contributed by atoms with Crippen molar-refractivity contribution in [1.82, 2.24) is 0 Å². The van der Waals surface area contributed by atoms with Gasteiger partial charge >= 0.3 is 0 Å². The summed E-state index contributed by atoms with van der Waals surface area (Å²) in [5.74, 6) is -0.187. The number of nitrogens with two attached hydrogens (primary N) is 1. The Balaban J connectivity index is 2.15. The summed E-state index contributed by atoms with van der Waals surface area (Å²) in [5.41, 5.74) is 6.24. The molecule has 0 unspecified atom stereocenters. The van der Waals surface area contributed by atoms with Gasteiger partial charge in [0.15, 0.2) is 0 Å². The first-order valence-corrected chi connectivity index (χ1v) is 6.18. The van der Waals surface area contributed by atoms with Gasteiger partial charge in [-0.2, -0.15) is 0 Å². The minimum Gasteiger partial charge on any atom is -0.379 e. The van der Waals surface area contributed by atoms with Crippen molar-refractivity contribution in [2.45, 2.75) is 29.5 Å². The highest BCUT2D eigenvalue weighted by atomic mass is 32.2. The van der Waals surface area contributed by atoms with Gasteiger partial charge in [-0.05, 0) is 31.5 Å². The van der Waals surface area contributed by atoms with Gasteiger partial charge in [-0.15, -0.1) is 11.8 Å². The van der Waals surface area contributed by atoms with Crippen LogP contribution >= 0.6 is 11.8 Å². The maximum Gasteiger partial charge on any atom is 0.137 e. The number of rotatable bonds is 3. The first kappa shape index (κ1) is 11.9. The summed E-state index contributed by atoms with van der Waals surface area (Å²) >= 11 is 1.54. The van der Waals surface area contributed by atoms with E-state index in [1.54, 1.807) is 0 Å². The van der Waals surface area contributed by atoms with E-state index in [0.29, 0.717) is 23.4 Å². The topological polar surface area (TPSA) is 35.2 Å². The third-order valence-electron chi connectivity index (χ3n) is 2.58. The molecule has 4 heteroatoms. The van der Waals surface area contributed by atoms with Crippen molar-refractivity contribution in [2.24, 2.45) is 5.73 Å². The molecule has 2 nitrogen and oxygen atoms in total. The molecule has 0 amide bonds. The maximum absolute atomic E-state index is 13.8. The Morgan fingerprint density at radius 2 is 2.12 bits per heavy atom. The fraction of sp³-hybridized carbons (Fsp3) is 0.500. The summed E-state index contributed by atoms with van der Waals surface area (Å²) in [6, 6.07) is 5.23. The van der Waals surface area contributed by atoms with E-state index in [2.05, 4.69) is 0 Å².